The van der Waals surface area contributed by atoms with Gasteiger partial charge in [-0.2, -0.15) is 13.2 Å². The molecule has 0 saturated carbocycles. The Morgan fingerprint density at radius 1 is 0.923 bits per heavy atom. The molecule has 0 aliphatic heterocycles. The maximum absolute atomic E-state index is 11.4. The van der Waals surface area contributed by atoms with E-state index in [2.05, 4.69) is 13.2 Å². The summed E-state index contributed by atoms with van der Waals surface area (Å²) in [6, 6.07) is 0. The van der Waals surface area contributed by atoms with Gasteiger partial charge in [0.25, 0.3) is 0 Å². The predicted octanol–water partition coefficient (Wildman–Crippen LogP) is 4.20. The summed E-state index contributed by atoms with van der Waals surface area (Å²) in [4.78, 5) is 0. The first-order chi connectivity index (χ1) is 6.01. The SMILES string of the molecule is C=CC=C.FC=C(F)C(F)=C(F)F. The maximum atomic E-state index is 11.4. The monoisotopic (exact) mass is 198 g/mol. The fourth-order valence-corrected chi connectivity index (χ4v) is 0.138. The van der Waals surface area contributed by atoms with Crippen LogP contribution in [0.2, 0.25) is 0 Å². The minimum Gasteiger partial charge on any atom is -0.212 e. The van der Waals surface area contributed by atoms with Gasteiger partial charge < -0.3 is 0 Å². The summed E-state index contributed by atoms with van der Waals surface area (Å²) >= 11 is 0. The summed E-state index contributed by atoms with van der Waals surface area (Å²) in [5.74, 6) is -4.66. The van der Waals surface area contributed by atoms with Crippen LogP contribution in [-0.2, 0) is 0 Å². The van der Waals surface area contributed by atoms with Crippen LogP contribution in [0.15, 0.2) is 49.4 Å². The Labute approximate surface area is 72.4 Å². The zero-order chi connectivity index (χ0) is 10.9. The first-order valence-electron chi connectivity index (χ1n) is 2.91. The van der Waals surface area contributed by atoms with Crippen LogP contribution in [0.3, 0.4) is 0 Å². The average Bonchev–Trinajstić information content (AvgIpc) is 2.15. The number of hydrogen-bond donors (Lipinski definition) is 0. The van der Waals surface area contributed by atoms with Gasteiger partial charge in [-0.05, 0) is 0 Å². The molecule has 0 bridgehead atoms. The molecule has 0 spiro atoms. The van der Waals surface area contributed by atoms with Crippen molar-refractivity contribution >= 4 is 0 Å². The third-order valence-corrected chi connectivity index (χ3v) is 0.638. The van der Waals surface area contributed by atoms with Crippen LogP contribution in [0.4, 0.5) is 22.0 Å². The van der Waals surface area contributed by atoms with Crippen molar-refractivity contribution < 1.29 is 22.0 Å². The quantitative estimate of drug-likeness (QED) is 0.460. The highest BCUT2D eigenvalue weighted by Gasteiger charge is 2.10. The average molecular weight is 198 g/mol. The molecule has 0 aliphatic rings. The molecule has 0 unspecified atom stereocenters. The van der Waals surface area contributed by atoms with E-state index in [0.717, 1.165) is 0 Å². The van der Waals surface area contributed by atoms with Crippen LogP contribution in [-0.4, -0.2) is 0 Å². The van der Waals surface area contributed by atoms with Crippen molar-refractivity contribution in [2.24, 2.45) is 0 Å². The van der Waals surface area contributed by atoms with Crippen LogP contribution < -0.4 is 0 Å². The lowest BCUT2D eigenvalue weighted by atomic mass is 10.5. The third kappa shape index (κ3) is 8.52. The number of allylic oxidation sites excluding steroid dienone is 4. The second kappa shape index (κ2) is 8.70. The summed E-state index contributed by atoms with van der Waals surface area (Å²) in [5.41, 5.74) is 0. The largest absolute Gasteiger partial charge is 0.308 e. The molecule has 5 heteroatoms. The van der Waals surface area contributed by atoms with Crippen LogP contribution in [0.1, 0.15) is 0 Å². The van der Waals surface area contributed by atoms with Gasteiger partial charge in [-0.25, -0.2) is 8.78 Å². The van der Waals surface area contributed by atoms with E-state index in [1.807, 2.05) is 0 Å². The van der Waals surface area contributed by atoms with Crippen molar-refractivity contribution in [1.29, 1.82) is 0 Å². The Bertz CT molecular complexity index is 217. The fourth-order valence-electron chi connectivity index (χ4n) is 0.138. The van der Waals surface area contributed by atoms with E-state index in [4.69, 9.17) is 0 Å². The van der Waals surface area contributed by atoms with E-state index in [-0.39, 0.29) is 0 Å². The highest BCUT2D eigenvalue weighted by Crippen LogP contribution is 2.19. The van der Waals surface area contributed by atoms with Gasteiger partial charge in [0.2, 0.25) is 5.83 Å². The van der Waals surface area contributed by atoms with Crippen molar-refractivity contribution in [2.75, 3.05) is 0 Å². The van der Waals surface area contributed by atoms with Gasteiger partial charge in [0.05, 0.1) is 0 Å². The molecule has 0 nitrogen and oxygen atoms in total. The summed E-state index contributed by atoms with van der Waals surface area (Å²) in [6.07, 6.45) is -0.476. The molecule has 0 aliphatic carbocycles. The molecule has 0 aromatic rings. The Morgan fingerprint density at radius 2 is 1.31 bits per heavy atom. The van der Waals surface area contributed by atoms with E-state index >= 15 is 0 Å². The van der Waals surface area contributed by atoms with Crippen molar-refractivity contribution in [1.82, 2.24) is 0 Å². The molecule has 0 atom stereocenters. The Kier molecular flexibility index (Phi) is 9.48. The van der Waals surface area contributed by atoms with Crippen LogP contribution >= 0.6 is 0 Å². The second-order valence-electron chi connectivity index (χ2n) is 1.50. The Hall–Kier alpha value is -1.39. The van der Waals surface area contributed by atoms with E-state index in [9.17, 15) is 22.0 Å². The lowest BCUT2D eigenvalue weighted by Crippen LogP contribution is -1.74. The fraction of sp³-hybridized carbons (Fsp3) is 0. The second-order valence-corrected chi connectivity index (χ2v) is 1.50. The van der Waals surface area contributed by atoms with Crippen LogP contribution in [0.25, 0.3) is 0 Å². The molecular formula is C8H7F5. The maximum Gasteiger partial charge on any atom is 0.308 e. The first-order valence-corrected chi connectivity index (χ1v) is 2.91. The molecule has 0 fully saturated rings. The summed E-state index contributed by atoms with van der Waals surface area (Å²) < 4.78 is 55.4. The number of rotatable bonds is 2. The zero-order valence-electron chi connectivity index (χ0n) is 6.54. The van der Waals surface area contributed by atoms with Gasteiger partial charge in [-0.3, -0.25) is 0 Å². The normalized spacial score (nSPS) is 9.46. The van der Waals surface area contributed by atoms with Gasteiger partial charge >= 0.3 is 6.08 Å². The molecule has 0 aromatic heterocycles. The summed E-state index contributed by atoms with van der Waals surface area (Å²) in [6.45, 7) is 6.72. The molecular weight excluding hydrogens is 191 g/mol. The Balaban J connectivity index is 0. The van der Waals surface area contributed by atoms with Crippen molar-refractivity contribution in [3.8, 4) is 0 Å². The van der Waals surface area contributed by atoms with Crippen LogP contribution in [0.5, 0.6) is 0 Å². The molecule has 13 heavy (non-hydrogen) atoms. The molecule has 0 rings (SSSR count). The lowest BCUT2D eigenvalue weighted by Gasteiger charge is -1.84. The van der Waals surface area contributed by atoms with E-state index in [0.29, 0.717) is 0 Å². The van der Waals surface area contributed by atoms with Crippen molar-refractivity contribution in [3.05, 3.63) is 49.4 Å². The van der Waals surface area contributed by atoms with Gasteiger partial charge in [-0.1, -0.05) is 25.3 Å². The first kappa shape index (κ1) is 14.2. The Morgan fingerprint density at radius 3 is 1.38 bits per heavy atom. The predicted molar refractivity (Wildman–Crippen MR) is 41.0 cm³/mol. The van der Waals surface area contributed by atoms with Gasteiger partial charge in [-0.15, -0.1) is 0 Å². The van der Waals surface area contributed by atoms with E-state index < -0.39 is 24.1 Å². The van der Waals surface area contributed by atoms with Gasteiger partial charge in [0.1, 0.15) is 6.33 Å². The highest BCUT2D eigenvalue weighted by atomic mass is 19.3. The molecule has 74 valence electrons. The van der Waals surface area contributed by atoms with Crippen LogP contribution in [0, 0.1) is 0 Å². The molecule has 0 radical (unpaired) electrons. The molecule has 0 saturated heterocycles. The smallest absolute Gasteiger partial charge is 0.212 e. The van der Waals surface area contributed by atoms with Crippen molar-refractivity contribution in [3.63, 3.8) is 0 Å². The minimum atomic E-state index is -2.87. The zero-order valence-corrected chi connectivity index (χ0v) is 6.54. The number of hydrogen-bond acceptors (Lipinski definition) is 0. The third-order valence-electron chi connectivity index (χ3n) is 0.638. The van der Waals surface area contributed by atoms with Gasteiger partial charge in [0, 0.05) is 0 Å². The molecule has 0 N–H and O–H groups in total. The van der Waals surface area contributed by atoms with E-state index in [1.165, 1.54) is 0 Å². The summed E-state index contributed by atoms with van der Waals surface area (Å²) in [5, 5.41) is 0. The van der Waals surface area contributed by atoms with Crippen molar-refractivity contribution in [2.45, 2.75) is 0 Å². The molecule has 0 heterocycles. The standard InChI is InChI=1S/C4HF5.C4H6/c5-1-2(6)3(7)4(8)9;1-3-4-2/h1H;3-4H,1-2H2. The van der Waals surface area contributed by atoms with Gasteiger partial charge in [0.15, 0.2) is 5.83 Å². The lowest BCUT2D eigenvalue weighted by molar-refractivity contribution is 0.369. The number of halogens is 5. The highest BCUT2D eigenvalue weighted by molar-refractivity contribution is 5.16. The molecule has 0 amide bonds. The van der Waals surface area contributed by atoms with E-state index in [1.54, 1.807) is 12.2 Å². The summed E-state index contributed by atoms with van der Waals surface area (Å²) in [7, 11) is 0. The molecule has 0 aromatic carbocycles. The minimum absolute atomic E-state index is 0.880. The topological polar surface area (TPSA) is 0 Å².